The van der Waals surface area contributed by atoms with E-state index in [-0.39, 0.29) is 5.91 Å². The highest BCUT2D eigenvalue weighted by molar-refractivity contribution is 5.91. The first-order valence-electron chi connectivity index (χ1n) is 9.52. The van der Waals surface area contributed by atoms with Gasteiger partial charge < -0.3 is 14.3 Å². The zero-order valence-corrected chi connectivity index (χ0v) is 15.9. The first kappa shape index (κ1) is 18.0. The van der Waals surface area contributed by atoms with Crippen LogP contribution < -0.4 is 5.32 Å². The molecule has 142 valence electrons. The number of nitrogens with one attached hydrogen (secondary N) is 1. The summed E-state index contributed by atoms with van der Waals surface area (Å²) in [5.41, 5.74) is 4.66. The van der Waals surface area contributed by atoms with Crippen LogP contribution in [0.15, 0.2) is 71.3 Å². The molecule has 2 aromatic carbocycles. The Morgan fingerprint density at radius 2 is 2.00 bits per heavy atom. The van der Waals surface area contributed by atoms with E-state index in [1.807, 2.05) is 18.2 Å². The van der Waals surface area contributed by atoms with Gasteiger partial charge in [-0.15, -0.1) is 0 Å². The Bertz CT molecular complexity index is 1080. The molecule has 0 saturated heterocycles. The average Bonchev–Trinajstić information content (AvgIpc) is 3.34. The van der Waals surface area contributed by atoms with E-state index >= 15 is 0 Å². The lowest BCUT2D eigenvalue weighted by Crippen LogP contribution is -2.24. The summed E-state index contributed by atoms with van der Waals surface area (Å²) in [5, 5.41) is 2.90. The molecule has 0 spiro atoms. The smallest absolute Gasteiger partial charge is 0.286 e. The van der Waals surface area contributed by atoms with E-state index in [2.05, 4.69) is 47.1 Å². The Labute approximate surface area is 164 Å². The summed E-state index contributed by atoms with van der Waals surface area (Å²) in [6.07, 6.45) is 3.10. The molecule has 0 aliphatic heterocycles. The quantitative estimate of drug-likeness (QED) is 0.490. The summed E-state index contributed by atoms with van der Waals surface area (Å²) < 4.78 is 7.39. The van der Waals surface area contributed by atoms with Crippen molar-refractivity contribution in [1.29, 1.82) is 0 Å². The fourth-order valence-electron chi connectivity index (χ4n) is 3.43. The van der Waals surface area contributed by atoms with Crippen LogP contribution in [0, 0.1) is 6.92 Å². The van der Waals surface area contributed by atoms with Crippen LogP contribution >= 0.6 is 0 Å². The molecule has 5 heteroatoms. The predicted molar refractivity (Wildman–Crippen MR) is 109 cm³/mol. The summed E-state index contributed by atoms with van der Waals surface area (Å²) in [6.45, 7) is 3.47. The fourth-order valence-corrected chi connectivity index (χ4v) is 3.43. The minimum atomic E-state index is -0.182. The van der Waals surface area contributed by atoms with E-state index in [1.54, 1.807) is 12.1 Å². The van der Waals surface area contributed by atoms with Crippen LogP contribution in [0.25, 0.3) is 11.0 Å². The SMILES string of the molecule is Cc1cccc(Cn2c(CCCNC(=O)c3ccco3)nc3ccccc32)c1. The maximum absolute atomic E-state index is 12.0. The normalized spacial score (nSPS) is 11.0. The number of amides is 1. The Balaban J connectivity index is 1.47. The number of hydrogen-bond acceptors (Lipinski definition) is 3. The number of furan rings is 1. The standard InChI is InChI=1S/C23H23N3O2/c1-17-7-4-8-18(15-17)16-26-20-10-3-2-9-19(20)25-22(26)12-5-13-24-23(27)21-11-6-14-28-21/h2-4,6-11,14-15H,5,12-13,16H2,1H3,(H,24,27). The highest BCUT2D eigenvalue weighted by Gasteiger charge is 2.12. The third-order valence-corrected chi connectivity index (χ3v) is 4.76. The number of para-hydroxylation sites is 2. The van der Waals surface area contributed by atoms with Gasteiger partial charge in [0.05, 0.1) is 17.3 Å². The predicted octanol–water partition coefficient (Wildman–Crippen LogP) is 4.35. The number of nitrogens with zero attached hydrogens (tertiary/aromatic N) is 2. The van der Waals surface area contributed by atoms with Crippen molar-refractivity contribution in [2.75, 3.05) is 6.54 Å². The Morgan fingerprint density at radius 3 is 2.82 bits per heavy atom. The fraction of sp³-hybridized carbons (Fsp3) is 0.217. The molecule has 4 aromatic rings. The van der Waals surface area contributed by atoms with Gasteiger partial charge in [-0.1, -0.05) is 42.0 Å². The number of carbonyl (C=O) groups is 1. The third-order valence-electron chi connectivity index (χ3n) is 4.76. The van der Waals surface area contributed by atoms with Crippen molar-refractivity contribution in [3.8, 4) is 0 Å². The minimum absolute atomic E-state index is 0.182. The molecule has 0 atom stereocenters. The van der Waals surface area contributed by atoms with Gasteiger partial charge in [-0.05, 0) is 43.2 Å². The number of aryl methyl sites for hydroxylation is 2. The molecule has 0 aliphatic carbocycles. The molecule has 4 rings (SSSR count). The highest BCUT2D eigenvalue weighted by Crippen LogP contribution is 2.19. The highest BCUT2D eigenvalue weighted by atomic mass is 16.3. The largest absolute Gasteiger partial charge is 0.459 e. The van der Waals surface area contributed by atoms with E-state index in [1.165, 1.54) is 17.4 Å². The number of imidazole rings is 1. The summed E-state index contributed by atoms with van der Waals surface area (Å²) >= 11 is 0. The van der Waals surface area contributed by atoms with Crippen molar-refractivity contribution in [3.63, 3.8) is 0 Å². The van der Waals surface area contributed by atoms with Crippen LogP contribution in [-0.4, -0.2) is 22.0 Å². The number of fused-ring (bicyclic) bond motifs is 1. The second kappa shape index (κ2) is 8.13. The zero-order chi connectivity index (χ0) is 19.3. The summed E-state index contributed by atoms with van der Waals surface area (Å²) in [5.74, 6) is 1.19. The van der Waals surface area contributed by atoms with Crippen molar-refractivity contribution < 1.29 is 9.21 Å². The lowest BCUT2D eigenvalue weighted by Gasteiger charge is -2.10. The van der Waals surface area contributed by atoms with Crippen LogP contribution in [-0.2, 0) is 13.0 Å². The number of benzene rings is 2. The molecule has 28 heavy (non-hydrogen) atoms. The van der Waals surface area contributed by atoms with Crippen LogP contribution in [0.5, 0.6) is 0 Å². The van der Waals surface area contributed by atoms with Crippen molar-refractivity contribution in [1.82, 2.24) is 14.9 Å². The van der Waals surface area contributed by atoms with Gasteiger partial charge in [0, 0.05) is 19.5 Å². The maximum atomic E-state index is 12.0. The molecule has 1 amide bonds. The van der Waals surface area contributed by atoms with Crippen LogP contribution in [0.4, 0.5) is 0 Å². The maximum Gasteiger partial charge on any atom is 0.286 e. The molecule has 0 fully saturated rings. The van der Waals surface area contributed by atoms with Crippen molar-refractivity contribution in [2.24, 2.45) is 0 Å². The van der Waals surface area contributed by atoms with E-state index in [0.717, 1.165) is 36.2 Å². The van der Waals surface area contributed by atoms with E-state index in [4.69, 9.17) is 9.40 Å². The minimum Gasteiger partial charge on any atom is -0.459 e. The lowest BCUT2D eigenvalue weighted by atomic mass is 10.1. The zero-order valence-electron chi connectivity index (χ0n) is 15.9. The van der Waals surface area contributed by atoms with E-state index < -0.39 is 0 Å². The van der Waals surface area contributed by atoms with Gasteiger partial charge >= 0.3 is 0 Å². The van der Waals surface area contributed by atoms with Gasteiger partial charge in [-0.2, -0.15) is 0 Å². The van der Waals surface area contributed by atoms with Gasteiger partial charge in [0.2, 0.25) is 0 Å². The van der Waals surface area contributed by atoms with Gasteiger partial charge in [0.15, 0.2) is 5.76 Å². The van der Waals surface area contributed by atoms with Gasteiger partial charge in [-0.3, -0.25) is 4.79 Å². The number of aromatic nitrogens is 2. The average molecular weight is 373 g/mol. The summed E-state index contributed by atoms with van der Waals surface area (Å²) in [6, 6.07) is 20.1. The Hall–Kier alpha value is -3.34. The van der Waals surface area contributed by atoms with Crippen molar-refractivity contribution in [3.05, 3.63) is 89.6 Å². The van der Waals surface area contributed by atoms with Crippen LogP contribution in [0.2, 0.25) is 0 Å². The molecule has 0 unspecified atom stereocenters. The molecular weight excluding hydrogens is 350 g/mol. The Morgan fingerprint density at radius 1 is 1.11 bits per heavy atom. The topological polar surface area (TPSA) is 60.1 Å². The first-order valence-corrected chi connectivity index (χ1v) is 9.52. The van der Waals surface area contributed by atoms with Crippen LogP contribution in [0.1, 0.15) is 33.9 Å². The number of rotatable bonds is 7. The third kappa shape index (κ3) is 3.98. The monoisotopic (exact) mass is 373 g/mol. The molecule has 0 aliphatic rings. The molecular formula is C23H23N3O2. The molecule has 1 N–H and O–H groups in total. The van der Waals surface area contributed by atoms with E-state index in [9.17, 15) is 4.79 Å². The van der Waals surface area contributed by atoms with Crippen molar-refractivity contribution >= 4 is 16.9 Å². The van der Waals surface area contributed by atoms with E-state index in [0.29, 0.717) is 12.3 Å². The first-order chi connectivity index (χ1) is 13.7. The second-order valence-electron chi connectivity index (χ2n) is 6.93. The molecule has 2 aromatic heterocycles. The van der Waals surface area contributed by atoms with Crippen molar-refractivity contribution in [2.45, 2.75) is 26.3 Å². The van der Waals surface area contributed by atoms with Crippen LogP contribution in [0.3, 0.4) is 0 Å². The van der Waals surface area contributed by atoms with Gasteiger partial charge in [0.1, 0.15) is 5.82 Å². The number of carbonyl (C=O) groups excluding carboxylic acids is 1. The second-order valence-corrected chi connectivity index (χ2v) is 6.93. The Kier molecular flexibility index (Phi) is 5.24. The molecule has 5 nitrogen and oxygen atoms in total. The molecule has 0 saturated carbocycles. The van der Waals surface area contributed by atoms with Gasteiger partial charge in [-0.25, -0.2) is 4.98 Å². The molecule has 0 radical (unpaired) electrons. The lowest BCUT2D eigenvalue weighted by molar-refractivity contribution is 0.0925. The summed E-state index contributed by atoms with van der Waals surface area (Å²) in [7, 11) is 0. The molecule has 0 bridgehead atoms. The molecule has 2 heterocycles. The number of hydrogen-bond donors (Lipinski definition) is 1. The summed E-state index contributed by atoms with van der Waals surface area (Å²) in [4.78, 5) is 16.8. The van der Waals surface area contributed by atoms with Gasteiger partial charge in [0.25, 0.3) is 5.91 Å².